The highest BCUT2D eigenvalue weighted by molar-refractivity contribution is 6.30. The summed E-state index contributed by atoms with van der Waals surface area (Å²) in [5.74, 6) is 0.185. The van der Waals surface area contributed by atoms with E-state index in [0.717, 1.165) is 32.4 Å². The first-order chi connectivity index (χ1) is 11.1. The largest absolute Gasteiger partial charge is 0.346 e. The monoisotopic (exact) mass is 335 g/mol. The fourth-order valence-corrected chi connectivity index (χ4v) is 3.89. The van der Waals surface area contributed by atoms with Crippen LogP contribution in [-0.2, 0) is 9.59 Å². The van der Waals surface area contributed by atoms with E-state index in [9.17, 15) is 9.59 Å². The first-order valence-corrected chi connectivity index (χ1v) is 8.52. The van der Waals surface area contributed by atoms with Crippen LogP contribution in [0, 0.1) is 11.3 Å². The van der Waals surface area contributed by atoms with Crippen molar-refractivity contribution in [3.05, 3.63) is 29.3 Å². The summed E-state index contributed by atoms with van der Waals surface area (Å²) in [6, 6.07) is 6.90. The van der Waals surface area contributed by atoms with Crippen LogP contribution < -0.4 is 16.0 Å². The van der Waals surface area contributed by atoms with Gasteiger partial charge in [0, 0.05) is 17.3 Å². The highest BCUT2D eigenvalue weighted by atomic mass is 35.5. The van der Waals surface area contributed by atoms with Gasteiger partial charge in [-0.05, 0) is 49.6 Å². The maximum Gasteiger partial charge on any atom is 0.243 e. The smallest absolute Gasteiger partial charge is 0.243 e. The molecule has 1 aromatic carbocycles. The Hall–Kier alpha value is -1.59. The molecule has 1 saturated heterocycles. The van der Waals surface area contributed by atoms with Crippen LogP contribution in [0.5, 0.6) is 0 Å². The lowest BCUT2D eigenvalue weighted by Gasteiger charge is -2.37. The Bertz CT molecular complexity index is 590. The van der Waals surface area contributed by atoms with Gasteiger partial charge < -0.3 is 16.0 Å². The Labute approximate surface area is 141 Å². The summed E-state index contributed by atoms with van der Waals surface area (Å²) in [7, 11) is 0. The zero-order chi connectivity index (χ0) is 16.3. The molecule has 1 aromatic rings. The normalized spacial score (nSPS) is 26.4. The van der Waals surface area contributed by atoms with E-state index in [2.05, 4.69) is 16.0 Å². The van der Waals surface area contributed by atoms with Crippen molar-refractivity contribution in [2.45, 2.75) is 25.7 Å². The lowest BCUT2D eigenvalue weighted by atomic mass is 9.67. The highest BCUT2D eigenvalue weighted by Gasteiger charge is 2.49. The van der Waals surface area contributed by atoms with Gasteiger partial charge in [0.2, 0.25) is 11.8 Å². The minimum atomic E-state index is -0.321. The molecule has 2 aliphatic rings. The molecule has 5 nitrogen and oxygen atoms in total. The number of amides is 2. The Morgan fingerprint density at radius 2 is 2.04 bits per heavy atom. The predicted octanol–water partition coefficient (Wildman–Crippen LogP) is 2.17. The molecule has 0 spiro atoms. The summed E-state index contributed by atoms with van der Waals surface area (Å²) in [5.41, 5.74) is 0.351. The molecule has 6 heteroatoms. The van der Waals surface area contributed by atoms with Crippen molar-refractivity contribution < 1.29 is 9.59 Å². The van der Waals surface area contributed by atoms with E-state index in [4.69, 9.17) is 11.6 Å². The molecule has 0 unspecified atom stereocenters. The van der Waals surface area contributed by atoms with Crippen molar-refractivity contribution in [2.24, 2.45) is 11.3 Å². The summed E-state index contributed by atoms with van der Waals surface area (Å²) >= 11 is 5.81. The van der Waals surface area contributed by atoms with Crippen LogP contribution in [0.15, 0.2) is 24.3 Å². The Morgan fingerprint density at radius 1 is 1.26 bits per heavy atom. The van der Waals surface area contributed by atoms with Crippen molar-refractivity contribution in [1.29, 1.82) is 0 Å². The van der Waals surface area contributed by atoms with Gasteiger partial charge in [0.15, 0.2) is 0 Å². The third-order valence-electron chi connectivity index (χ3n) is 5.03. The molecule has 1 saturated carbocycles. The standard InChI is InChI=1S/C17H22ClN3O2/c18-13-4-6-14(7-5-13)21-15(22)10-20-16(23)17-8-2-1-3-12(17)9-19-11-17/h4-7,12,19H,1-3,8-11H2,(H,20,23)(H,21,22)/t12-,17+/m0/s1. The van der Waals surface area contributed by atoms with E-state index in [1.165, 1.54) is 6.42 Å². The molecule has 2 amide bonds. The number of hydrogen-bond acceptors (Lipinski definition) is 3. The maximum absolute atomic E-state index is 12.7. The van der Waals surface area contributed by atoms with E-state index in [1.807, 2.05) is 0 Å². The second-order valence-electron chi connectivity index (χ2n) is 6.47. The SMILES string of the molecule is O=C(CNC(=O)[C@@]12CCCC[C@H]1CNC2)Nc1ccc(Cl)cc1. The summed E-state index contributed by atoms with van der Waals surface area (Å²) in [4.78, 5) is 24.7. The minimum absolute atomic E-state index is 0.00404. The van der Waals surface area contributed by atoms with Crippen LogP contribution in [0.2, 0.25) is 5.02 Å². The zero-order valence-electron chi connectivity index (χ0n) is 13.0. The minimum Gasteiger partial charge on any atom is -0.346 e. The average molecular weight is 336 g/mol. The highest BCUT2D eigenvalue weighted by Crippen LogP contribution is 2.43. The van der Waals surface area contributed by atoms with Crippen molar-refractivity contribution in [1.82, 2.24) is 10.6 Å². The van der Waals surface area contributed by atoms with Crippen molar-refractivity contribution >= 4 is 29.1 Å². The van der Waals surface area contributed by atoms with Crippen LogP contribution in [0.4, 0.5) is 5.69 Å². The first kappa shape index (κ1) is 16.3. The Morgan fingerprint density at radius 3 is 2.83 bits per heavy atom. The molecular weight excluding hydrogens is 314 g/mol. The van der Waals surface area contributed by atoms with Gasteiger partial charge in [-0.1, -0.05) is 24.4 Å². The number of rotatable bonds is 4. The van der Waals surface area contributed by atoms with Crippen molar-refractivity contribution in [3.63, 3.8) is 0 Å². The quantitative estimate of drug-likeness (QED) is 0.789. The molecule has 124 valence electrons. The van der Waals surface area contributed by atoms with Gasteiger partial charge in [-0.15, -0.1) is 0 Å². The molecule has 2 atom stereocenters. The Balaban J connectivity index is 1.54. The van der Waals surface area contributed by atoms with Crippen LogP contribution in [-0.4, -0.2) is 31.4 Å². The van der Waals surface area contributed by atoms with Gasteiger partial charge in [0.05, 0.1) is 12.0 Å². The van der Waals surface area contributed by atoms with Gasteiger partial charge in [0.1, 0.15) is 0 Å². The van der Waals surface area contributed by atoms with Crippen LogP contribution in [0.1, 0.15) is 25.7 Å². The second-order valence-corrected chi connectivity index (χ2v) is 6.90. The zero-order valence-corrected chi connectivity index (χ0v) is 13.8. The summed E-state index contributed by atoms with van der Waals surface area (Å²) < 4.78 is 0. The van der Waals surface area contributed by atoms with Gasteiger partial charge in [-0.3, -0.25) is 9.59 Å². The molecule has 3 rings (SSSR count). The third kappa shape index (κ3) is 3.51. The maximum atomic E-state index is 12.7. The first-order valence-electron chi connectivity index (χ1n) is 8.15. The van der Waals surface area contributed by atoms with E-state index < -0.39 is 0 Å². The number of halogens is 1. The number of fused-ring (bicyclic) bond motifs is 1. The molecule has 0 bridgehead atoms. The molecule has 1 aliphatic carbocycles. The van der Waals surface area contributed by atoms with E-state index in [-0.39, 0.29) is 23.8 Å². The molecule has 23 heavy (non-hydrogen) atoms. The molecule has 2 fully saturated rings. The van der Waals surface area contributed by atoms with Crippen molar-refractivity contribution in [2.75, 3.05) is 25.0 Å². The molecule has 1 aliphatic heterocycles. The van der Waals surface area contributed by atoms with Gasteiger partial charge in [-0.25, -0.2) is 0 Å². The van der Waals surface area contributed by atoms with E-state index in [1.54, 1.807) is 24.3 Å². The molecule has 0 radical (unpaired) electrons. The number of benzene rings is 1. The molecule has 0 aromatic heterocycles. The van der Waals surface area contributed by atoms with Crippen LogP contribution in [0.3, 0.4) is 0 Å². The average Bonchev–Trinajstić information content (AvgIpc) is 3.00. The molecular formula is C17H22ClN3O2. The number of carbonyl (C=O) groups excluding carboxylic acids is 2. The Kier molecular flexibility index (Phi) is 4.87. The van der Waals surface area contributed by atoms with Gasteiger partial charge >= 0.3 is 0 Å². The number of nitrogens with one attached hydrogen (secondary N) is 3. The lowest BCUT2D eigenvalue weighted by Crippen LogP contribution is -2.49. The van der Waals surface area contributed by atoms with Crippen molar-refractivity contribution in [3.8, 4) is 0 Å². The van der Waals surface area contributed by atoms with E-state index in [0.29, 0.717) is 16.6 Å². The van der Waals surface area contributed by atoms with Crippen LogP contribution in [0.25, 0.3) is 0 Å². The summed E-state index contributed by atoms with van der Waals surface area (Å²) in [6.45, 7) is 1.63. The number of carbonyl (C=O) groups is 2. The predicted molar refractivity (Wildman–Crippen MR) is 90.4 cm³/mol. The fourth-order valence-electron chi connectivity index (χ4n) is 3.77. The van der Waals surface area contributed by atoms with E-state index >= 15 is 0 Å². The molecule has 3 N–H and O–H groups in total. The molecule has 1 heterocycles. The topological polar surface area (TPSA) is 70.2 Å². The van der Waals surface area contributed by atoms with Gasteiger partial charge in [0.25, 0.3) is 0 Å². The van der Waals surface area contributed by atoms with Gasteiger partial charge in [-0.2, -0.15) is 0 Å². The second kappa shape index (κ2) is 6.89. The summed E-state index contributed by atoms with van der Waals surface area (Å²) in [6.07, 6.45) is 4.29. The summed E-state index contributed by atoms with van der Waals surface area (Å²) in [5, 5.41) is 9.55. The number of anilines is 1. The number of hydrogen-bond donors (Lipinski definition) is 3. The lowest BCUT2D eigenvalue weighted by molar-refractivity contribution is -0.135. The van der Waals surface area contributed by atoms with Crippen LogP contribution >= 0.6 is 11.6 Å². The third-order valence-corrected chi connectivity index (χ3v) is 5.28. The fraction of sp³-hybridized carbons (Fsp3) is 0.529.